The average Bonchev–Trinajstić information content (AvgIpc) is 2.48. The molecule has 0 heterocycles. The first-order chi connectivity index (χ1) is 9.75. The quantitative estimate of drug-likeness (QED) is 0.675. The van der Waals surface area contributed by atoms with Gasteiger partial charge in [-0.1, -0.05) is 54.6 Å². The minimum atomic E-state index is 0.260. The minimum absolute atomic E-state index is 0.260. The van der Waals surface area contributed by atoms with Crippen LogP contribution in [0.3, 0.4) is 0 Å². The second-order valence-corrected chi connectivity index (χ2v) is 4.69. The van der Waals surface area contributed by atoms with Gasteiger partial charge in [0.05, 0.1) is 0 Å². The minimum Gasteiger partial charge on any atom is -0.507 e. The van der Waals surface area contributed by atoms with E-state index in [4.69, 9.17) is 5.73 Å². The van der Waals surface area contributed by atoms with Crippen LogP contribution in [0.4, 0.5) is 5.69 Å². The topological polar surface area (TPSA) is 46.2 Å². The molecule has 20 heavy (non-hydrogen) atoms. The number of benzene rings is 3. The molecule has 3 aromatic rings. The lowest BCUT2D eigenvalue weighted by atomic mass is 9.93. The van der Waals surface area contributed by atoms with Gasteiger partial charge >= 0.3 is 0 Å². The number of hydrogen-bond donors (Lipinski definition) is 2. The molecule has 3 aromatic carbocycles. The number of nitrogen functional groups attached to an aromatic ring is 1. The van der Waals surface area contributed by atoms with Crippen LogP contribution < -0.4 is 5.73 Å². The van der Waals surface area contributed by atoms with Crippen LogP contribution in [0.5, 0.6) is 5.75 Å². The Labute approximate surface area is 118 Å². The third-order valence-electron chi connectivity index (χ3n) is 3.32. The standard InChI is InChI=1S/C18H15NO/c19-14-10-11-15(13-6-2-1-3-7-13)17(12-14)16-8-4-5-9-18(16)20/h1-12,20H,19H2. The normalized spacial score (nSPS) is 10.4. The number of rotatable bonds is 2. The summed E-state index contributed by atoms with van der Waals surface area (Å²) in [5.74, 6) is 0.260. The maximum absolute atomic E-state index is 10.1. The number of phenols is 1. The van der Waals surface area contributed by atoms with Crippen LogP contribution in [0.15, 0.2) is 72.8 Å². The van der Waals surface area contributed by atoms with E-state index in [-0.39, 0.29) is 5.75 Å². The fraction of sp³-hybridized carbons (Fsp3) is 0. The molecule has 0 radical (unpaired) electrons. The van der Waals surface area contributed by atoms with E-state index in [0.29, 0.717) is 5.69 Å². The molecular weight excluding hydrogens is 246 g/mol. The molecule has 3 N–H and O–H groups in total. The number of nitrogens with two attached hydrogens (primary N) is 1. The molecule has 0 aliphatic carbocycles. The zero-order chi connectivity index (χ0) is 13.9. The van der Waals surface area contributed by atoms with E-state index in [0.717, 1.165) is 22.3 Å². The van der Waals surface area contributed by atoms with Crippen molar-refractivity contribution < 1.29 is 5.11 Å². The van der Waals surface area contributed by atoms with Crippen molar-refractivity contribution in [2.45, 2.75) is 0 Å². The Bertz CT molecular complexity index is 735. The molecule has 2 nitrogen and oxygen atoms in total. The summed E-state index contributed by atoms with van der Waals surface area (Å²) in [6.45, 7) is 0. The van der Waals surface area contributed by atoms with Crippen LogP contribution in [0.25, 0.3) is 22.3 Å². The van der Waals surface area contributed by atoms with Gasteiger partial charge in [-0.2, -0.15) is 0 Å². The van der Waals surface area contributed by atoms with E-state index in [1.807, 2.05) is 54.6 Å². The van der Waals surface area contributed by atoms with Gasteiger partial charge in [0.25, 0.3) is 0 Å². The fourth-order valence-corrected chi connectivity index (χ4v) is 2.36. The summed E-state index contributed by atoms with van der Waals surface area (Å²) in [4.78, 5) is 0. The van der Waals surface area contributed by atoms with Gasteiger partial charge in [0.15, 0.2) is 0 Å². The van der Waals surface area contributed by atoms with Crippen molar-refractivity contribution in [3.8, 4) is 28.0 Å². The number of para-hydroxylation sites is 1. The zero-order valence-corrected chi connectivity index (χ0v) is 11.0. The van der Waals surface area contributed by atoms with Gasteiger partial charge in [-0.3, -0.25) is 0 Å². The van der Waals surface area contributed by atoms with Gasteiger partial charge in [0.2, 0.25) is 0 Å². The SMILES string of the molecule is Nc1ccc(-c2ccccc2)c(-c2ccccc2O)c1. The summed E-state index contributed by atoms with van der Waals surface area (Å²) in [6, 6.07) is 23.2. The van der Waals surface area contributed by atoms with Gasteiger partial charge in [-0.25, -0.2) is 0 Å². The van der Waals surface area contributed by atoms with E-state index in [2.05, 4.69) is 12.1 Å². The zero-order valence-electron chi connectivity index (χ0n) is 11.0. The predicted octanol–water partition coefficient (Wildman–Crippen LogP) is 4.31. The lowest BCUT2D eigenvalue weighted by molar-refractivity contribution is 0.477. The predicted molar refractivity (Wildman–Crippen MR) is 83.4 cm³/mol. The molecule has 0 aliphatic rings. The molecule has 0 aromatic heterocycles. The molecule has 0 fully saturated rings. The Morgan fingerprint density at radius 2 is 1.35 bits per heavy atom. The molecule has 0 saturated heterocycles. The molecule has 0 amide bonds. The van der Waals surface area contributed by atoms with Gasteiger partial charge in [0, 0.05) is 11.3 Å². The highest BCUT2D eigenvalue weighted by Crippen LogP contribution is 2.37. The Balaban J connectivity index is 2.25. The third-order valence-corrected chi connectivity index (χ3v) is 3.32. The van der Waals surface area contributed by atoms with Crippen LogP contribution in [-0.2, 0) is 0 Å². The van der Waals surface area contributed by atoms with Crippen LogP contribution in [0.2, 0.25) is 0 Å². The van der Waals surface area contributed by atoms with Crippen molar-refractivity contribution >= 4 is 5.69 Å². The summed E-state index contributed by atoms with van der Waals surface area (Å²) >= 11 is 0. The first kappa shape index (κ1) is 12.3. The molecule has 0 bridgehead atoms. The van der Waals surface area contributed by atoms with Crippen LogP contribution in [0.1, 0.15) is 0 Å². The summed E-state index contributed by atoms with van der Waals surface area (Å²) in [6.07, 6.45) is 0. The van der Waals surface area contributed by atoms with Crippen LogP contribution in [0, 0.1) is 0 Å². The second-order valence-electron chi connectivity index (χ2n) is 4.69. The third kappa shape index (κ3) is 2.24. The maximum atomic E-state index is 10.1. The van der Waals surface area contributed by atoms with Gasteiger partial charge in [-0.15, -0.1) is 0 Å². The first-order valence-electron chi connectivity index (χ1n) is 6.49. The highest BCUT2D eigenvalue weighted by molar-refractivity contribution is 5.87. The molecule has 0 atom stereocenters. The van der Waals surface area contributed by atoms with Crippen molar-refractivity contribution in [3.63, 3.8) is 0 Å². The van der Waals surface area contributed by atoms with Crippen molar-refractivity contribution in [2.75, 3.05) is 5.73 Å². The van der Waals surface area contributed by atoms with Crippen molar-refractivity contribution in [2.24, 2.45) is 0 Å². The molecule has 0 saturated carbocycles. The van der Waals surface area contributed by atoms with E-state index in [9.17, 15) is 5.11 Å². The van der Waals surface area contributed by atoms with Gasteiger partial charge in [-0.05, 0) is 34.9 Å². The lowest BCUT2D eigenvalue weighted by Gasteiger charge is -2.12. The monoisotopic (exact) mass is 261 g/mol. The molecule has 0 aliphatic heterocycles. The summed E-state index contributed by atoms with van der Waals surface area (Å²) in [7, 11) is 0. The number of aromatic hydroxyl groups is 1. The molecule has 0 unspecified atom stereocenters. The van der Waals surface area contributed by atoms with Crippen LogP contribution in [-0.4, -0.2) is 5.11 Å². The smallest absolute Gasteiger partial charge is 0.123 e. The van der Waals surface area contributed by atoms with E-state index >= 15 is 0 Å². The molecule has 0 spiro atoms. The Morgan fingerprint density at radius 1 is 0.650 bits per heavy atom. The molecule has 3 rings (SSSR count). The summed E-state index contributed by atoms with van der Waals surface area (Å²) in [5, 5.41) is 10.1. The first-order valence-corrected chi connectivity index (χ1v) is 6.49. The Morgan fingerprint density at radius 3 is 2.10 bits per heavy atom. The van der Waals surface area contributed by atoms with E-state index in [1.165, 1.54) is 0 Å². The average molecular weight is 261 g/mol. The molecule has 2 heteroatoms. The molecular formula is C18H15NO. The highest BCUT2D eigenvalue weighted by Gasteiger charge is 2.10. The van der Waals surface area contributed by atoms with Crippen molar-refractivity contribution in [1.29, 1.82) is 0 Å². The number of anilines is 1. The highest BCUT2D eigenvalue weighted by atomic mass is 16.3. The largest absolute Gasteiger partial charge is 0.507 e. The number of hydrogen-bond acceptors (Lipinski definition) is 2. The lowest BCUT2D eigenvalue weighted by Crippen LogP contribution is -1.90. The van der Waals surface area contributed by atoms with E-state index in [1.54, 1.807) is 6.07 Å². The summed E-state index contributed by atoms with van der Waals surface area (Å²) in [5.41, 5.74) is 10.5. The van der Waals surface area contributed by atoms with Crippen molar-refractivity contribution in [1.82, 2.24) is 0 Å². The Hall–Kier alpha value is -2.74. The maximum Gasteiger partial charge on any atom is 0.123 e. The fourth-order valence-electron chi connectivity index (χ4n) is 2.36. The van der Waals surface area contributed by atoms with Crippen molar-refractivity contribution in [3.05, 3.63) is 72.8 Å². The van der Waals surface area contributed by atoms with Gasteiger partial charge in [0.1, 0.15) is 5.75 Å². The molecule has 98 valence electrons. The second kappa shape index (κ2) is 5.10. The van der Waals surface area contributed by atoms with Gasteiger partial charge < -0.3 is 10.8 Å². The summed E-state index contributed by atoms with van der Waals surface area (Å²) < 4.78 is 0. The van der Waals surface area contributed by atoms with Crippen LogP contribution >= 0.6 is 0 Å². The number of phenolic OH excluding ortho intramolecular Hbond substituents is 1. The Kier molecular flexibility index (Phi) is 3.13. The van der Waals surface area contributed by atoms with E-state index < -0.39 is 0 Å².